The zero-order valence-corrected chi connectivity index (χ0v) is 17.9. The van der Waals surface area contributed by atoms with Gasteiger partial charge in [0.1, 0.15) is 17.6 Å². The number of nitrogens with one attached hydrogen (secondary N) is 1. The van der Waals surface area contributed by atoms with Gasteiger partial charge in [-0.1, -0.05) is 41.0 Å². The Morgan fingerprint density at radius 1 is 1.16 bits per heavy atom. The van der Waals surface area contributed by atoms with Gasteiger partial charge >= 0.3 is 0 Å². The van der Waals surface area contributed by atoms with Crippen molar-refractivity contribution < 1.29 is 24.0 Å². The molecule has 1 saturated heterocycles. The fraction of sp³-hybridized carbons (Fsp3) is 0.261. The van der Waals surface area contributed by atoms with Crippen LogP contribution in [0.2, 0.25) is 5.02 Å². The summed E-state index contributed by atoms with van der Waals surface area (Å²) in [6.07, 6.45) is 1.34. The Kier molecular flexibility index (Phi) is 6.61. The summed E-state index contributed by atoms with van der Waals surface area (Å²) >= 11 is 6.13. The molecular weight excluding hydrogens is 434 g/mol. The highest BCUT2D eigenvalue weighted by Crippen LogP contribution is 2.29. The highest BCUT2D eigenvalue weighted by atomic mass is 35.5. The number of carbonyl (C=O) groups is 2. The average Bonchev–Trinajstić information content (AvgIpc) is 3.30. The molecule has 32 heavy (non-hydrogen) atoms. The highest BCUT2D eigenvalue weighted by molar-refractivity contribution is 6.32. The quantitative estimate of drug-likeness (QED) is 0.589. The number of carbonyl (C=O) groups excluding carboxylic acids is 2. The van der Waals surface area contributed by atoms with Gasteiger partial charge in [0, 0.05) is 32.0 Å². The van der Waals surface area contributed by atoms with Crippen LogP contribution in [0.15, 0.2) is 59.1 Å². The van der Waals surface area contributed by atoms with Crippen molar-refractivity contribution in [3.63, 3.8) is 0 Å². The number of halogens is 1. The van der Waals surface area contributed by atoms with Crippen molar-refractivity contribution in [2.45, 2.75) is 18.9 Å². The van der Waals surface area contributed by atoms with E-state index >= 15 is 0 Å². The number of piperidine rings is 1. The molecule has 1 aliphatic heterocycles. The number of nitrogens with zero attached hydrogens (tertiary/aromatic N) is 2. The van der Waals surface area contributed by atoms with Crippen LogP contribution >= 0.6 is 11.6 Å². The zero-order chi connectivity index (χ0) is 22.5. The maximum absolute atomic E-state index is 12.5. The molecule has 1 aliphatic rings. The van der Waals surface area contributed by atoms with Crippen molar-refractivity contribution in [3.8, 4) is 22.8 Å². The highest BCUT2D eigenvalue weighted by Gasteiger charge is 2.25. The molecule has 4 rings (SSSR count). The summed E-state index contributed by atoms with van der Waals surface area (Å²) < 4.78 is 11.1. The van der Waals surface area contributed by atoms with Crippen LogP contribution in [-0.2, 0) is 4.79 Å². The molecule has 8 nitrogen and oxygen atoms in total. The SMILES string of the molecule is O=C(NCC(=O)N1CCC(Oc2ccccc2Cl)CC1)c1cc(-c2ccccc2O)on1. The second kappa shape index (κ2) is 9.74. The summed E-state index contributed by atoms with van der Waals surface area (Å²) in [5.41, 5.74) is 0.458. The number of para-hydroxylation sites is 2. The first-order valence-electron chi connectivity index (χ1n) is 10.2. The summed E-state index contributed by atoms with van der Waals surface area (Å²) in [5.74, 6) is 0.217. The van der Waals surface area contributed by atoms with E-state index in [0.717, 1.165) is 0 Å². The first kappa shape index (κ1) is 21.7. The minimum Gasteiger partial charge on any atom is -0.507 e. The number of aromatic nitrogens is 1. The fourth-order valence-corrected chi connectivity index (χ4v) is 3.67. The summed E-state index contributed by atoms with van der Waals surface area (Å²) in [4.78, 5) is 26.5. The van der Waals surface area contributed by atoms with E-state index in [1.807, 2.05) is 18.2 Å². The van der Waals surface area contributed by atoms with Crippen LogP contribution in [0.25, 0.3) is 11.3 Å². The van der Waals surface area contributed by atoms with E-state index in [9.17, 15) is 14.7 Å². The standard InChI is InChI=1S/C23H22ClN3O5/c24-17-6-2-4-8-20(17)31-15-9-11-27(12-10-15)22(29)14-25-23(30)18-13-21(32-26-18)16-5-1-3-7-19(16)28/h1-8,13,15,28H,9-12,14H2,(H,25,30). The van der Waals surface area contributed by atoms with Crippen molar-refractivity contribution in [1.29, 1.82) is 0 Å². The Hall–Kier alpha value is -3.52. The number of amides is 2. The van der Waals surface area contributed by atoms with Crippen molar-refractivity contribution in [3.05, 3.63) is 65.3 Å². The topological polar surface area (TPSA) is 105 Å². The molecule has 1 aromatic heterocycles. The molecule has 3 aromatic rings. The van der Waals surface area contributed by atoms with Gasteiger partial charge in [0.25, 0.3) is 5.91 Å². The number of likely N-dealkylation sites (tertiary alicyclic amines) is 1. The van der Waals surface area contributed by atoms with Crippen LogP contribution in [0, 0.1) is 0 Å². The predicted molar refractivity (Wildman–Crippen MR) is 118 cm³/mol. The van der Waals surface area contributed by atoms with Crippen LogP contribution in [0.4, 0.5) is 0 Å². The van der Waals surface area contributed by atoms with Gasteiger partial charge in [-0.3, -0.25) is 9.59 Å². The van der Waals surface area contributed by atoms with Crippen LogP contribution in [0.5, 0.6) is 11.5 Å². The normalized spacial score (nSPS) is 14.2. The minimum absolute atomic E-state index is 0.0171. The van der Waals surface area contributed by atoms with Crippen molar-refractivity contribution >= 4 is 23.4 Å². The van der Waals surface area contributed by atoms with E-state index in [2.05, 4.69) is 10.5 Å². The van der Waals surface area contributed by atoms with Crippen LogP contribution in [-0.4, -0.2) is 52.7 Å². The van der Waals surface area contributed by atoms with Crippen LogP contribution < -0.4 is 10.1 Å². The first-order chi connectivity index (χ1) is 15.5. The number of phenols is 1. The zero-order valence-electron chi connectivity index (χ0n) is 17.2. The molecule has 1 fully saturated rings. The molecule has 0 unspecified atom stereocenters. The summed E-state index contributed by atoms with van der Waals surface area (Å²) in [6, 6.07) is 15.3. The number of benzene rings is 2. The number of ether oxygens (including phenoxy) is 1. The smallest absolute Gasteiger partial charge is 0.273 e. The van der Waals surface area contributed by atoms with Crippen molar-refractivity contribution in [1.82, 2.24) is 15.4 Å². The van der Waals surface area contributed by atoms with Gasteiger partial charge in [-0.25, -0.2) is 0 Å². The predicted octanol–water partition coefficient (Wildman–Crippen LogP) is 3.50. The maximum atomic E-state index is 12.5. The minimum atomic E-state index is -0.527. The van der Waals surface area contributed by atoms with E-state index in [-0.39, 0.29) is 35.8 Å². The third kappa shape index (κ3) is 5.03. The van der Waals surface area contributed by atoms with E-state index in [4.69, 9.17) is 20.9 Å². The molecule has 166 valence electrons. The average molecular weight is 456 g/mol. The van der Waals surface area contributed by atoms with E-state index < -0.39 is 5.91 Å². The second-order valence-electron chi connectivity index (χ2n) is 7.40. The Labute approximate surface area is 189 Å². The lowest BCUT2D eigenvalue weighted by molar-refractivity contribution is -0.131. The van der Waals surface area contributed by atoms with Crippen LogP contribution in [0.3, 0.4) is 0 Å². The Morgan fingerprint density at radius 3 is 2.62 bits per heavy atom. The molecular formula is C23H22ClN3O5. The number of aromatic hydroxyl groups is 1. The Morgan fingerprint density at radius 2 is 1.88 bits per heavy atom. The van der Waals surface area contributed by atoms with E-state index in [0.29, 0.717) is 42.3 Å². The third-order valence-corrected chi connectivity index (χ3v) is 5.55. The largest absolute Gasteiger partial charge is 0.507 e. The van der Waals surface area contributed by atoms with E-state index in [1.165, 1.54) is 12.1 Å². The monoisotopic (exact) mass is 455 g/mol. The van der Waals surface area contributed by atoms with Gasteiger partial charge in [0.15, 0.2) is 11.5 Å². The van der Waals surface area contributed by atoms with Crippen molar-refractivity contribution in [2.24, 2.45) is 0 Å². The molecule has 9 heteroatoms. The molecule has 0 atom stereocenters. The number of hydrogen-bond acceptors (Lipinski definition) is 6. The van der Waals surface area contributed by atoms with Crippen molar-refractivity contribution in [2.75, 3.05) is 19.6 Å². The number of phenolic OH excluding ortho intramolecular Hbond substituents is 1. The summed E-state index contributed by atoms with van der Waals surface area (Å²) in [5, 5.41) is 16.8. The third-order valence-electron chi connectivity index (χ3n) is 5.24. The van der Waals surface area contributed by atoms with Gasteiger partial charge in [0.2, 0.25) is 5.91 Å². The number of rotatable bonds is 6. The van der Waals surface area contributed by atoms with Gasteiger partial charge in [-0.05, 0) is 24.3 Å². The lowest BCUT2D eigenvalue weighted by Gasteiger charge is -2.32. The lowest BCUT2D eigenvalue weighted by Crippen LogP contribution is -2.46. The van der Waals surface area contributed by atoms with Gasteiger partial charge in [-0.2, -0.15) is 0 Å². The summed E-state index contributed by atoms with van der Waals surface area (Å²) in [7, 11) is 0. The summed E-state index contributed by atoms with van der Waals surface area (Å²) in [6.45, 7) is 0.921. The number of hydrogen-bond donors (Lipinski definition) is 2. The Balaban J connectivity index is 1.25. The first-order valence-corrected chi connectivity index (χ1v) is 10.6. The molecule has 0 saturated carbocycles. The Bertz CT molecular complexity index is 1110. The lowest BCUT2D eigenvalue weighted by atomic mass is 10.1. The van der Waals surface area contributed by atoms with E-state index in [1.54, 1.807) is 29.2 Å². The molecule has 2 N–H and O–H groups in total. The van der Waals surface area contributed by atoms with Crippen LogP contribution in [0.1, 0.15) is 23.3 Å². The second-order valence-corrected chi connectivity index (χ2v) is 7.81. The molecule has 2 aromatic carbocycles. The fourth-order valence-electron chi connectivity index (χ4n) is 3.49. The molecule has 0 radical (unpaired) electrons. The molecule has 2 heterocycles. The maximum Gasteiger partial charge on any atom is 0.273 e. The molecule has 0 aliphatic carbocycles. The molecule has 0 bridgehead atoms. The van der Waals surface area contributed by atoms with Gasteiger partial charge in [0.05, 0.1) is 17.1 Å². The van der Waals surface area contributed by atoms with Gasteiger partial charge < -0.3 is 24.6 Å². The van der Waals surface area contributed by atoms with Gasteiger partial charge in [-0.15, -0.1) is 0 Å². The molecule has 2 amide bonds. The molecule has 0 spiro atoms.